The number of fused-ring (bicyclic) bond motifs is 1. The highest BCUT2D eigenvalue weighted by molar-refractivity contribution is 7.66. The molecule has 16 nitrogen and oxygen atoms in total. The Kier molecular flexibility index (Phi) is 7.83. The van der Waals surface area contributed by atoms with Crippen molar-refractivity contribution in [3.05, 3.63) is 39.3 Å². The molecular formula is C14H17F2N2O14P3. The Hall–Kier alpha value is -1.49. The molecule has 21 heteroatoms. The molecule has 0 aromatic carbocycles. The number of H-pyrrole nitrogens is 1. The van der Waals surface area contributed by atoms with E-state index >= 15 is 0 Å². The van der Waals surface area contributed by atoms with Crippen molar-refractivity contribution in [2.24, 2.45) is 0 Å². The molecule has 6 atom stereocenters. The summed E-state index contributed by atoms with van der Waals surface area (Å²) in [4.78, 5) is 53.5. The maximum absolute atomic E-state index is 14.4. The molecule has 0 spiro atoms. The molecule has 0 saturated carbocycles. The predicted octanol–water partition coefficient (Wildman–Crippen LogP) is -0.0337. The van der Waals surface area contributed by atoms with E-state index in [1.54, 1.807) is 0 Å². The molecule has 1 saturated heterocycles. The van der Waals surface area contributed by atoms with Crippen molar-refractivity contribution in [1.82, 2.24) is 9.97 Å². The highest BCUT2D eigenvalue weighted by atomic mass is 31.3. The second-order valence-electron chi connectivity index (χ2n) is 7.12. The first-order chi connectivity index (χ1) is 15.9. The van der Waals surface area contributed by atoms with Crippen molar-refractivity contribution in [3.63, 3.8) is 0 Å². The zero-order valence-corrected chi connectivity index (χ0v) is 19.8. The Bertz CT molecular complexity index is 1300. The van der Waals surface area contributed by atoms with Gasteiger partial charge in [0.05, 0.1) is 17.7 Å². The molecule has 196 valence electrons. The second-order valence-corrected chi connectivity index (χ2v) is 11.5. The number of ether oxygens (including phenoxy) is 1. The van der Waals surface area contributed by atoms with Crippen LogP contribution in [0.5, 0.6) is 0 Å². The first-order valence-corrected chi connectivity index (χ1v) is 13.6. The van der Waals surface area contributed by atoms with Gasteiger partial charge in [-0.2, -0.15) is 18.0 Å². The van der Waals surface area contributed by atoms with Crippen LogP contribution in [0.15, 0.2) is 10.9 Å². The summed E-state index contributed by atoms with van der Waals surface area (Å²) in [5, 5.41) is 20.4. The Morgan fingerprint density at radius 2 is 1.71 bits per heavy atom. The minimum Gasteiger partial charge on any atom is -0.387 e. The van der Waals surface area contributed by atoms with Crippen molar-refractivity contribution in [2.75, 3.05) is 6.61 Å². The van der Waals surface area contributed by atoms with Gasteiger partial charge in [-0.05, 0) is 13.0 Å². The van der Waals surface area contributed by atoms with Crippen molar-refractivity contribution >= 4 is 23.5 Å². The molecule has 0 aliphatic carbocycles. The van der Waals surface area contributed by atoms with E-state index in [9.17, 15) is 42.4 Å². The van der Waals surface area contributed by atoms with Gasteiger partial charge in [0.2, 0.25) is 0 Å². The van der Waals surface area contributed by atoms with Crippen LogP contribution in [0.2, 0.25) is 0 Å². The number of aliphatic hydroxyl groups excluding tert-OH is 2. The minimum absolute atomic E-state index is 0.347. The van der Waals surface area contributed by atoms with Crippen LogP contribution in [0, 0.1) is 18.7 Å². The number of pyridine rings is 2. The van der Waals surface area contributed by atoms with Gasteiger partial charge in [-0.3, -0.25) is 9.32 Å². The van der Waals surface area contributed by atoms with Crippen LogP contribution in [0.4, 0.5) is 8.78 Å². The van der Waals surface area contributed by atoms with E-state index < -0.39 is 88.8 Å². The number of aliphatic hydroxyl groups is 2. The molecule has 0 aromatic rings. The standard InChI is InChI=1S/C14H17F2N2O14P3/c1-4-8(15)5-2-6(14(21)18-13(5)17-12(4)16)11-10(20)9(19)7(30-11)3-29-34(25,26)32-35(27,28)31-33(22,23)24/h2,7,9-11,19-20H,3H2,1H3,(H,25,26)(H,27,28)(H,17,18,21)(H2,22,23,24)/t7-,9+,10?,11+/m1/s1. The summed E-state index contributed by atoms with van der Waals surface area (Å²) >= 11 is 0. The summed E-state index contributed by atoms with van der Waals surface area (Å²) in [7, 11) is -17.0. The molecule has 0 radical (unpaired) electrons. The quantitative estimate of drug-likeness (QED) is 0.163. The molecule has 0 amide bonds. The van der Waals surface area contributed by atoms with Gasteiger partial charge >= 0.3 is 23.5 Å². The van der Waals surface area contributed by atoms with Crippen LogP contribution in [0.3, 0.4) is 0 Å². The normalized spacial score (nSPS) is 26.5. The van der Waals surface area contributed by atoms with Crippen LogP contribution in [0.25, 0.3) is 11.4 Å². The Morgan fingerprint density at radius 3 is 2.31 bits per heavy atom. The molecule has 0 aromatic heterocycles. The van der Waals surface area contributed by atoms with Crippen LogP contribution in [0.1, 0.15) is 17.2 Å². The van der Waals surface area contributed by atoms with Crippen LogP contribution in [-0.4, -0.2) is 64.7 Å². The third-order valence-electron chi connectivity index (χ3n) is 4.63. The Balaban J connectivity index is 1.79. The molecule has 3 rings (SSSR count). The molecule has 0 bridgehead atoms. The fourth-order valence-electron chi connectivity index (χ4n) is 3.09. The van der Waals surface area contributed by atoms with E-state index in [0.717, 1.165) is 13.0 Å². The third kappa shape index (κ3) is 6.45. The number of phosphoric acid groups is 3. The average Bonchev–Trinajstić information content (AvgIpc) is 2.96. The first-order valence-electron chi connectivity index (χ1n) is 9.09. The molecule has 3 aliphatic heterocycles. The summed E-state index contributed by atoms with van der Waals surface area (Å²) < 4.78 is 78.6. The van der Waals surface area contributed by atoms with Crippen LogP contribution < -0.4 is 5.56 Å². The van der Waals surface area contributed by atoms with Gasteiger partial charge in [-0.15, -0.1) is 0 Å². The van der Waals surface area contributed by atoms with Gasteiger partial charge in [0, 0.05) is 5.56 Å². The summed E-state index contributed by atoms with van der Waals surface area (Å²) in [6.45, 7) is -0.0189. The SMILES string of the molecule is Cc1c(F)[nH]c2nc(=O)c([C@@H]3O[C@H](COP(=O)(O)OP(=O)(O)OP(=O)(O)O)[C@H](O)C3O)cc-2c1F. The minimum atomic E-state index is -5.80. The highest BCUT2D eigenvalue weighted by Gasteiger charge is 2.47. The molecular weight excluding hydrogens is 551 g/mol. The monoisotopic (exact) mass is 568 g/mol. The van der Waals surface area contributed by atoms with Crippen molar-refractivity contribution in [2.45, 2.75) is 31.3 Å². The zero-order chi connectivity index (χ0) is 26.5. The van der Waals surface area contributed by atoms with Crippen LogP contribution >= 0.6 is 23.5 Å². The fourth-order valence-corrected chi connectivity index (χ4v) is 6.12. The zero-order valence-electron chi connectivity index (χ0n) is 17.1. The lowest BCUT2D eigenvalue weighted by Crippen LogP contribution is -2.33. The smallest absolute Gasteiger partial charge is 0.387 e. The van der Waals surface area contributed by atoms with E-state index in [-0.39, 0.29) is 5.56 Å². The molecule has 7 N–H and O–H groups in total. The number of nitrogens with one attached hydrogen (secondary N) is 1. The number of rotatable bonds is 8. The van der Waals surface area contributed by atoms with E-state index in [1.165, 1.54) is 0 Å². The van der Waals surface area contributed by atoms with Crippen LogP contribution in [-0.2, 0) is 31.6 Å². The highest BCUT2D eigenvalue weighted by Crippen LogP contribution is 2.66. The Morgan fingerprint density at radius 1 is 1.09 bits per heavy atom. The average molecular weight is 568 g/mol. The summed E-state index contributed by atoms with van der Waals surface area (Å²) in [6, 6.07) is 0.897. The Labute approximate surface area is 192 Å². The van der Waals surface area contributed by atoms with Gasteiger partial charge in [0.15, 0.2) is 5.95 Å². The molecule has 3 aliphatic rings. The maximum atomic E-state index is 14.4. The van der Waals surface area contributed by atoms with E-state index in [0.29, 0.717) is 0 Å². The maximum Gasteiger partial charge on any atom is 0.490 e. The number of aromatic nitrogens is 2. The number of halogens is 2. The topological polar surface area (TPSA) is 255 Å². The summed E-state index contributed by atoms with van der Waals surface area (Å²) in [6.07, 6.45) is -7.13. The molecule has 3 heterocycles. The van der Waals surface area contributed by atoms with Gasteiger partial charge in [-0.1, -0.05) is 0 Å². The van der Waals surface area contributed by atoms with E-state index in [4.69, 9.17) is 19.4 Å². The number of aromatic amines is 1. The van der Waals surface area contributed by atoms with Crippen molar-refractivity contribution in [3.8, 4) is 11.4 Å². The first kappa shape index (κ1) is 28.1. The summed E-state index contributed by atoms with van der Waals surface area (Å²) in [5.74, 6) is -2.59. The number of nitrogens with zero attached hydrogens (tertiary/aromatic N) is 1. The lowest BCUT2D eigenvalue weighted by Gasteiger charge is -2.19. The lowest BCUT2D eigenvalue weighted by molar-refractivity contribution is -0.0226. The number of phosphoric ester groups is 1. The fraction of sp³-hybridized carbons (Fsp3) is 0.429. The van der Waals surface area contributed by atoms with Gasteiger partial charge in [-0.25, -0.2) is 18.1 Å². The second kappa shape index (κ2) is 9.76. The lowest BCUT2D eigenvalue weighted by atomic mass is 10.00. The van der Waals surface area contributed by atoms with E-state index in [2.05, 4.69) is 23.1 Å². The molecule has 1 fully saturated rings. The third-order valence-corrected chi connectivity index (χ3v) is 8.43. The molecule has 35 heavy (non-hydrogen) atoms. The summed E-state index contributed by atoms with van der Waals surface area (Å²) in [5.41, 5.74) is -2.34. The van der Waals surface area contributed by atoms with Gasteiger partial charge in [0.25, 0.3) is 5.56 Å². The van der Waals surface area contributed by atoms with E-state index in [1.807, 2.05) is 0 Å². The van der Waals surface area contributed by atoms with Gasteiger partial charge in [0.1, 0.15) is 36.1 Å². The molecule has 3 unspecified atom stereocenters. The predicted molar refractivity (Wildman–Crippen MR) is 106 cm³/mol. The number of hydrogen-bond acceptors (Lipinski definition) is 11. The van der Waals surface area contributed by atoms with Gasteiger partial charge < -0.3 is 39.5 Å². The van der Waals surface area contributed by atoms with Crippen molar-refractivity contribution < 1.29 is 70.1 Å². The van der Waals surface area contributed by atoms with Crippen molar-refractivity contribution in [1.29, 1.82) is 0 Å². The largest absolute Gasteiger partial charge is 0.490 e. The number of hydrogen-bond donors (Lipinski definition) is 7.